The Balaban J connectivity index is 2.32. The number of rotatable bonds is 2. The molecule has 2 aromatic rings. The monoisotopic (exact) mass is 203 g/mol. The van der Waals surface area contributed by atoms with Gasteiger partial charge >= 0.3 is 0 Å². The summed E-state index contributed by atoms with van der Waals surface area (Å²) in [5.41, 5.74) is 2.72. The highest BCUT2D eigenvalue weighted by atomic mass is 16.3. The molecule has 1 unspecified atom stereocenters. The first-order chi connectivity index (χ1) is 7.18. The van der Waals surface area contributed by atoms with Crippen LogP contribution in [0.4, 0.5) is 0 Å². The smallest absolute Gasteiger partial charge is 0.122 e. The minimum absolute atomic E-state index is 0.661. The predicted octanol–water partition coefficient (Wildman–Crippen LogP) is 1.21. The van der Waals surface area contributed by atoms with E-state index in [-0.39, 0.29) is 0 Å². The Bertz CT molecular complexity index is 447. The van der Waals surface area contributed by atoms with E-state index in [2.05, 4.69) is 10.3 Å². The predicted molar refractivity (Wildman–Crippen MR) is 56.2 cm³/mol. The highest BCUT2D eigenvalue weighted by Crippen LogP contribution is 2.20. The first-order valence-corrected chi connectivity index (χ1v) is 4.77. The van der Waals surface area contributed by atoms with Gasteiger partial charge in [0.1, 0.15) is 6.10 Å². The van der Waals surface area contributed by atoms with Gasteiger partial charge in [-0.15, -0.1) is 5.10 Å². The lowest BCUT2D eigenvalue weighted by atomic mass is 10.1. The summed E-state index contributed by atoms with van der Waals surface area (Å²) in [4.78, 5) is 0. The van der Waals surface area contributed by atoms with Crippen molar-refractivity contribution in [1.29, 1.82) is 0 Å². The Morgan fingerprint density at radius 2 is 1.93 bits per heavy atom. The fourth-order valence-corrected chi connectivity index (χ4v) is 1.46. The lowest BCUT2D eigenvalue weighted by Gasteiger charge is -2.10. The number of hydrogen-bond acceptors (Lipinski definition) is 3. The topological polar surface area (TPSA) is 50.9 Å². The molecular weight excluding hydrogens is 190 g/mol. The van der Waals surface area contributed by atoms with Crippen LogP contribution in [0.2, 0.25) is 0 Å². The molecule has 0 radical (unpaired) electrons. The zero-order valence-electron chi connectivity index (χ0n) is 8.75. The van der Waals surface area contributed by atoms with E-state index >= 15 is 0 Å². The number of aliphatic hydroxyl groups excluding tert-OH is 1. The SMILES string of the molecule is Cc1ccc(C(O)c2cnnn2C)cc1. The molecule has 4 heteroatoms. The largest absolute Gasteiger partial charge is 0.382 e. The van der Waals surface area contributed by atoms with Gasteiger partial charge in [0, 0.05) is 7.05 Å². The summed E-state index contributed by atoms with van der Waals surface area (Å²) in [6, 6.07) is 7.77. The van der Waals surface area contributed by atoms with Crippen LogP contribution < -0.4 is 0 Å². The summed E-state index contributed by atoms with van der Waals surface area (Å²) >= 11 is 0. The molecule has 1 aromatic heterocycles. The molecule has 0 aliphatic rings. The fraction of sp³-hybridized carbons (Fsp3) is 0.273. The quantitative estimate of drug-likeness (QED) is 0.798. The molecular formula is C11H13N3O. The molecule has 0 saturated carbocycles. The molecule has 2 rings (SSSR count). The number of aliphatic hydroxyl groups is 1. The van der Waals surface area contributed by atoms with Crippen molar-refractivity contribution in [3.8, 4) is 0 Å². The van der Waals surface area contributed by atoms with E-state index in [1.165, 1.54) is 5.56 Å². The molecule has 0 fully saturated rings. The van der Waals surface area contributed by atoms with E-state index in [1.807, 2.05) is 31.2 Å². The Morgan fingerprint density at radius 1 is 1.27 bits per heavy atom. The van der Waals surface area contributed by atoms with E-state index in [0.717, 1.165) is 5.56 Å². The van der Waals surface area contributed by atoms with Crippen LogP contribution in [0.3, 0.4) is 0 Å². The second kappa shape index (κ2) is 3.82. The van der Waals surface area contributed by atoms with E-state index in [0.29, 0.717) is 5.69 Å². The summed E-state index contributed by atoms with van der Waals surface area (Å²) < 4.78 is 1.57. The van der Waals surface area contributed by atoms with E-state index < -0.39 is 6.10 Å². The van der Waals surface area contributed by atoms with Crippen molar-refractivity contribution in [1.82, 2.24) is 15.0 Å². The van der Waals surface area contributed by atoms with Gasteiger partial charge in [-0.05, 0) is 12.5 Å². The van der Waals surface area contributed by atoms with E-state index in [1.54, 1.807) is 17.9 Å². The van der Waals surface area contributed by atoms with Crippen molar-refractivity contribution in [3.63, 3.8) is 0 Å². The number of hydrogen-bond donors (Lipinski definition) is 1. The van der Waals surface area contributed by atoms with Crippen molar-refractivity contribution in [3.05, 3.63) is 47.3 Å². The van der Waals surface area contributed by atoms with Crippen LogP contribution in [-0.4, -0.2) is 20.1 Å². The molecule has 0 bridgehead atoms. The first-order valence-electron chi connectivity index (χ1n) is 4.77. The van der Waals surface area contributed by atoms with Crippen LogP contribution in [0.15, 0.2) is 30.5 Å². The lowest BCUT2D eigenvalue weighted by molar-refractivity contribution is 0.210. The van der Waals surface area contributed by atoms with Gasteiger partial charge in [0.15, 0.2) is 0 Å². The number of benzene rings is 1. The summed E-state index contributed by atoms with van der Waals surface area (Å²) in [7, 11) is 1.76. The van der Waals surface area contributed by atoms with Gasteiger partial charge in [-0.25, -0.2) is 4.68 Å². The third kappa shape index (κ3) is 1.89. The third-order valence-corrected chi connectivity index (χ3v) is 2.42. The second-order valence-electron chi connectivity index (χ2n) is 3.60. The second-order valence-corrected chi connectivity index (χ2v) is 3.60. The molecule has 78 valence electrons. The van der Waals surface area contributed by atoms with Gasteiger partial charge in [0.05, 0.1) is 11.9 Å². The van der Waals surface area contributed by atoms with E-state index in [4.69, 9.17) is 0 Å². The van der Waals surface area contributed by atoms with Gasteiger partial charge < -0.3 is 5.11 Å². The normalized spacial score (nSPS) is 12.7. The molecule has 0 saturated heterocycles. The molecule has 0 aliphatic heterocycles. The highest BCUT2D eigenvalue weighted by Gasteiger charge is 2.13. The van der Waals surface area contributed by atoms with Crippen molar-refractivity contribution in [2.75, 3.05) is 0 Å². The minimum Gasteiger partial charge on any atom is -0.382 e. The van der Waals surface area contributed by atoms with Gasteiger partial charge in [-0.1, -0.05) is 35.0 Å². The molecule has 1 heterocycles. The van der Waals surface area contributed by atoms with Crippen molar-refractivity contribution in [2.45, 2.75) is 13.0 Å². The molecule has 0 spiro atoms. The Hall–Kier alpha value is -1.68. The Kier molecular flexibility index (Phi) is 2.51. The standard InChI is InChI=1S/C11H13N3O/c1-8-3-5-9(6-4-8)11(15)10-7-12-13-14(10)2/h3-7,11,15H,1-2H3. The first kappa shape index (κ1) is 9.86. The van der Waals surface area contributed by atoms with Gasteiger partial charge in [0.2, 0.25) is 0 Å². The molecule has 15 heavy (non-hydrogen) atoms. The lowest BCUT2D eigenvalue weighted by Crippen LogP contribution is -2.06. The summed E-state index contributed by atoms with van der Waals surface area (Å²) in [6.07, 6.45) is 0.912. The summed E-state index contributed by atoms with van der Waals surface area (Å²) in [5.74, 6) is 0. The maximum Gasteiger partial charge on any atom is 0.122 e. The fourth-order valence-electron chi connectivity index (χ4n) is 1.46. The van der Waals surface area contributed by atoms with Gasteiger partial charge in [-0.2, -0.15) is 0 Å². The van der Waals surface area contributed by atoms with Crippen LogP contribution in [0.5, 0.6) is 0 Å². The van der Waals surface area contributed by atoms with Crippen molar-refractivity contribution >= 4 is 0 Å². The number of aryl methyl sites for hydroxylation is 2. The van der Waals surface area contributed by atoms with E-state index in [9.17, 15) is 5.11 Å². The highest BCUT2D eigenvalue weighted by molar-refractivity contribution is 5.27. The molecule has 0 amide bonds. The van der Waals surface area contributed by atoms with Gasteiger partial charge in [-0.3, -0.25) is 0 Å². The van der Waals surface area contributed by atoms with Crippen LogP contribution in [0, 0.1) is 6.92 Å². The molecule has 1 N–H and O–H groups in total. The maximum atomic E-state index is 10.1. The molecule has 4 nitrogen and oxygen atoms in total. The Labute approximate surface area is 88.2 Å². The number of aromatic nitrogens is 3. The van der Waals surface area contributed by atoms with Crippen LogP contribution in [-0.2, 0) is 7.05 Å². The zero-order valence-corrected chi connectivity index (χ0v) is 8.75. The summed E-state index contributed by atoms with van der Waals surface area (Å²) in [6.45, 7) is 2.02. The average molecular weight is 203 g/mol. The van der Waals surface area contributed by atoms with Gasteiger partial charge in [0.25, 0.3) is 0 Å². The van der Waals surface area contributed by atoms with Crippen LogP contribution >= 0.6 is 0 Å². The van der Waals surface area contributed by atoms with Crippen LogP contribution in [0.25, 0.3) is 0 Å². The minimum atomic E-state index is -0.661. The van der Waals surface area contributed by atoms with Crippen molar-refractivity contribution in [2.24, 2.45) is 7.05 Å². The zero-order chi connectivity index (χ0) is 10.8. The summed E-state index contributed by atoms with van der Waals surface area (Å²) in [5, 5.41) is 17.6. The third-order valence-electron chi connectivity index (χ3n) is 2.42. The Morgan fingerprint density at radius 3 is 2.47 bits per heavy atom. The van der Waals surface area contributed by atoms with Crippen LogP contribution in [0.1, 0.15) is 22.9 Å². The molecule has 1 atom stereocenters. The average Bonchev–Trinajstić information content (AvgIpc) is 2.65. The molecule has 0 aliphatic carbocycles. The maximum absolute atomic E-state index is 10.1. The molecule has 1 aromatic carbocycles. The van der Waals surface area contributed by atoms with Crippen molar-refractivity contribution < 1.29 is 5.11 Å². The number of nitrogens with zero attached hydrogens (tertiary/aromatic N) is 3.